The molecule has 1 aromatic heterocycles. The second-order valence-electron chi connectivity index (χ2n) is 10.1. The summed E-state index contributed by atoms with van der Waals surface area (Å²) >= 11 is 6.24. The Kier molecular flexibility index (Phi) is 6.79. The minimum absolute atomic E-state index is 0.00524. The first kappa shape index (κ1) is 24.8. The van der Waals surface area contributed by atoms with E-state index in [1.165, 1.54) is 7.11 Å². The van der Waals surface area contributed by atoms with Crippen molar-refractivity contribution in [2.24, 2.45) is 5.92 Å². The molecule has 1 aliphatic heterocycles. The number of carbonyl (C=O) groups is 2. The van der Waals surface area contributed by atoms with E-state index in [9.17, 15) is 14.7 Å². The molecule has 2 aromatic carbocycles. The smallest absolute Gasteiger partial charge is 0.414 e. The van der Waals surface area contributed by atoms with Crippen LogP contribution in [0.4, 0.5) is 10.5 Å². The number of benzene rings is 2. The number of amides is 1. The molecular formula is C28H32ClN3O4. The number of Topliss-reactive ketones (excluding diaryl/α,β-unsaturated/α-hetero) is 1. The highest BCUT2D eigenvalue weighted by Gasteiger charge is 2.35. The van der Waals surface area contributed by atoms with Crippen LogP contribution in [0.25, 0.3) is 11.0 Å². The second kappa shape index (κ2) is 9.87. The van der Waals surface area contributed by atoms with Gasteiger partial charge in [0.15, 0.2) is 0 Å². The molecule has 5 rings (SSSR count). The third-order valence-corrected chi connectivity index (χ3v) is 8.08. The number of anilines is 1. The number of ketones is 1. The van der Waals surface area contributed by atoms with Crippen LogP contribution in [0.1, 0.15) is 75.0 Å². The average molecular weight is 510 g/mol. The third kappa shape index (κ3) is 4.28. The van der Waals surface area contributed by atoms with Gasteiger partial charge in [-0.3, -0.25) is 9.69 Å². The third-order valence-electron chi connectivity index (χ3n) is 7.85. The maximum Gasteiger partial charge on any atom is 0.414 e. The topological polar surface area (TPSA) is 84.7 Å². The maximum atomic E-state index is 12.6. The summed E-state index contributed by atoms with van der Waals surface area (Å²) in [4.78, 5) is 31.6. The number of nitrogens with zero attached hydrogens (tertiary/aromatic N) is 3. The summed E-state index contributed by atoms with van der Waals surface area (Å²) in [6, 6.07) is 11.2. The van der Waals surface area contributed by atoms with Crippen LogP contribution in [-0.2, 0) is 16.0 Å². The molecule has 8 heteroatoms. The molecule has 0 bridgehead atoms. The first-order valence-electron chi connectivity index (χ1n) is 12.6. The molecular weight excluding hydrogens is 478 g/mol. The lowest BCUT2D eigenvalue weighted by Crippen LogP contribution is -2.42. The van der Waals surface area contributed by atoms with Gasteiger partial charge < -0.3 is 14.4 Å². The van der Waals surface area contributed by atoms with Gasteiger partial charge in [0.25, 0.3) is 0 Å². The largest absolute Gasteiger partial charge is 0.452 e. The van der Waals surface area contributed by atoms with Crippen molar-refractivity contribution in [3.8, 4) is 0 Å². The summed E-state index contributed by atoms with van der Waals surface area (Å²) in [5.41, 5.74) is 4.14. The first-order valence-corrected chi connectivity index (χ1v) is 13.0. The Hall–Kier alpha value is -2.90. The van der Waals surface area contributed by atoms with Crippen LogP contribution in [0.15, 0.2) is 36.4 Å². The van der Waals surface area contributed by atoms with Crippen molar-refractivity contribution < 1.29 is 19.4 Å². The van der Waals surface area contributed by atoms with Crippen LogP contribution in [-0.4, -0.2) is 39.7 Å². The fourth-order valence-electron chi connectivity index (χ4n) is 5.96. The van der Waals surface area contributed by atoms with Crippen LogP contribution >= 0.6 is 11.6 Å². The van der Waals surface area contributed by atoms with E-state index in [0.29, 0.717) is 16.4 Å². The Bertz CT molecular complexity index is 1320. The van der Waals surface area contributed by atoms with Crippen LogP contribution in [0.3, 0.4) is 0 Å². The molecule has 1 saturated carbocycles. The number of aryl methyl sites for hydroxylation is 1. The van der Waals surface area contributed by atoms with Crippen LogP contribution < -0.4 is 4.90 Å². The highest BCUT2D eigenvalue weighted by Crippen LogP contribution is 2.42. The minimum Gasteiger partial charge on any atom is -0.452 e. The van der Waals surface area contributed by atoms with Gasteiger partial charge in [0.1, 0.15) is 17.7 Å². The van der Waals surface area contributed by atoms with Crippen molar-refractivity contribution in [1.82, 2.24) is 9.55 Å². The van der Waals surface area contributed by atoms with Gasteiger partial charge >= 0.3 is 6.09 Å². The van der Waals surface area contributed by atoms with E-state index in [1.54, 1.807) is 24.0 Å². The van der Waals surface area contributed by atoms with Crippen molar-refractivity contribution >= 4 is 40.2 Å². The molecule has 3 aromatic rings. The lowest BCUT2D eigenvalue weighted by Gasteiger charge is -2.34. The summed E-state index contributed by atoms with van der Waals surface area (Å²) in [6.07, 6.45) is 3.65. The van der Waals surface area contributed by atoms with Crippen LogP contribution in [0, 0.1) is 5.92 Å². The standard InChI is InChI=1S/C28H32ClN3O4/c1-16-10-11-22-23(31(16)28(35)36-3)12-13-24-25(22)30-27(26(34)19-7-4-8-20(29)14-19)32(24)21-9-5-6-18(15-21)17(2)33/h4,7-8,12-14,16,18,21,26,34H,5-6,9-11,15H2,1-3H3/t16-,18+,21+,26+/m0/s1. The van der Waals surface area contributed by atoms with E-state index < -0.39 is 12.2 Å². The first-order chi connectivity index (χ1) is 17.3. The van der Waals surface area contributed by atoms with Gasteiger partial charge in [-0.2, -0.15) is 0 Å². The number of aliphatic hydroxyl groups is 1. The summed E-state index contributed by atoms with van der Waals surface area (Å²) in [7, 11) is 1.39. The molecule has 1 N–H and O–H groups in total. The van der Waals surface area contributed by atoms with E-state index >= 15 is 0 Å². The van der Waals surface area contributed by atoms with Crippen molar-refractivity contribution in [3.05, 3.63) is 58.4 Å². The molecule has 2 aliphatic rings. The molecule has 1 aliphatic carbocycles. The molecule has 190 valence electrons. The Morgan fingerprint density at radius 2 is 2.00 bits per heavy atom. The predicted octanol–water partition coefficient (Wildman–Crippen LogP) is 6.00. The Balaban J connectivity index is 1.70. The summed E-state index contributed by atoms with van der Waals surface area (Å²) in [6.45, 7) is 3.68. The van der Waals surface area contributed by atoms with Gasteiger partial charge in [-0.15, -0.1) is 0 Å². The Morgan fingerprint density at radius 1 is 1.19 bits per heavy atom. The van der Waals surface area contributed by atoms with Crippen molar-refractivity contribution in [1.29, 1.82) is 0 Å². The highest BCUT2D eigenvalue weighted by atomic mass is 35.5. The summed E-state index contributed by atoms with van der Waals surface area (Å²) in [5.74, 6) is 0.755. The molecule has 0 saturated heterocycles. The number of imidazole rings is 1. The molecule has 36 heavy (non-hydrogen) atoms. The molecule has 0 spiro atoms. The Morgan fingerprint density at radius 3 is 2.72 bits per heavy atom. The van der Waals surface area contributed by atoms with Crippen molar-refractivity contribution in [2.75, 3.05) is 12.0 Å². The fourth-order valence-corrected chi connectivity index (χ4v) is 6.16. The SMILES string of the molecule is COC(=O)N1c2ccc3c(nc([C@H](O)c4cccc(Cl)c4)n3[C@@H]3CCC[C@@H](C(C)=O)C3)c2CC[C@@H]1C. The van der Waals surface area contributed by atoms with Crippen molar-refractivity contribution in [2.45, 2.75) is 70.6 Å². The van der Waals surface area contributed by atoms with Gasteiger partial charge in [-0.05, 0) is 75.8 Å². The monoisotopic (exact) mass is 509 g/mol. The zero-order valence-corrected chi connectivity index (χ0v) is 21.7. The quantitative estimate of drug-likeness (QED) is 0.466. The zero-order valence-electron chi connectivity index (χ0n) is 20.9. The lowest BCUT2D eigenvalue weighted by molar-refractivity contribution is -0.122. The van der Waals surface area contributed by atoms with Gasteiger partial charge in [-0.1, -0.05) is 30.2 Å². The maximum absolute atomic E-state index is 12.6. The second-order valence-corrected chi connectivity index (χ2v) is 10.5. The highest BCUT2D eigenvalue weighted by molar-refractivity contribution is 6.30. The van der Waals surface area contributed by atoms with E-state index in [1.807, 2.05) is 31.2 Å². The van der Waals surface area contributed by atoms with E-state index in [0.717, 1.165) is 60.8 Å². The van der Waals surface area contributed by atoms with E-state index in [-0.39, 0.29) is 23.8 Å². The van der Waals surface area contributed by atoms with Gasteiger partial charge in [-0.25, -0.2) is 9.78 Å². The summed E-state index contributed by atoms with van der Waals surface area (Å²) in [5, 5.41) is 12.1. The molecule has 7 nitrogen and oxygen atoms in total. The minimum atomic E-state index is -0.983. The van der Waals surface area contributed by atoms with Gasteiger partial charge in [0, 0.05) is 28.6 Å². The molecule has 2 heterocycles. The number of hydrogen-bond donors (Lipinski definition) is 1. The van der Waals surface area contributed by atoms with Crippen molar-refractivity contribution in [3.63, 3.8) is 0 Å². The number of rotatable bonds is 4. The van der Waals surface area contributed by atoms with Gasteiger partial charge in [0.05, 0.1) is 23.8 Å². The van der Waals surface area contributed by atoms with Gasteiger partial charge in [0.2, 0.25) is 0 Å². The van der Waals surface area contributed by atoms with E-state index in [4.69, 9.17) is 21.3 Å². The molecule has 1 amide bonds. The summed E-state index contributed by atoms with van der Waals surface area (Å²) < 4.78 is 7.21. The van der Waals surface area contributed by atoms with Crippen LogP contribution in [0.2, 0.25) is 5.02 Å². The van der Waals surface area contributed by atoms with E-state index in [2.05, 4.69) is 4.57 Å². The number of methoxy groups -OCH3 is 1. The molecule has 4 atom stereocenters. The van der Waals surface area contributed by atoms with Crippen LogP contribution in [0.5, 0.6) is 0 Å². The molecule has 1 fully saturated rings. The number of aliphatic hydroxyl groups excluding tert-OH is 1. The number of hydrogen-bond acceptors (Lipinski definition) is 5. The molecule has 0 radical (unpaired) electrons. The zero-order chi connectivity index (χ0) is 25.6. The number of fused-ring (bicyclic) bond motifs is 3. The molecule has 0 unspecified atom stereocenters. The Labute approximate surface area is 216 Å². The predicted molar refractivity (Wildman–Crippen MR) is 140 cm³/mol. The number of aromatic nitrogens is 2. The average Bonchev–Trinajstić information content (AvgIpc) is 3.27. The normalized spacial score (nSPS) is 22.8. The number of halogens is 1. The lowest BCUT2D eigenvalue weighted by atomic mass is 9.83. The number of ether oxygens (including phenoxy) is 1. The fraction of sp³-hybridized carbons (Fsp3) is 0.464. The number of carbonyl (C=O) groups excluding carboxylic acids is 2.